The molecule has 1 aromatic heterocycles. The Balaban J connectivity index is 2.58. The van der Waals surface area contributed by atoms with Gasteiger partial charge in [-0.05, 0) is 12.1 Å². The molecule has 16 heavy (non-hydrogen) atoms. The van der Waals surface area contributed by atoms with E-state index in [2.05, 4.69) is 9.59 Å². The van der Waals surface area contributed by atoms with Crippen LogP contribution in [0, 0.1) is 0 Å². The lowest BCUT2D eigenvalue weighted by molar-refractivity contribution is 0.604. The summed E-state index contributed by atoms with van der Waals surface area (Å²) in [7, 11) is -3.29. The van der Waals surface area contributed by atoms with Crippen molar-refractivity contribution in [2.75, 3.05) is 6.26 Å². The molecule has 0 unspecified atom stereocenters. The molecule has 0 aliphatic carbocycles. The molecule has 2 aromatic rings. The smallest absolute Gasteiger partial charge is 0.188 e. The van der Waals surface area contributed by atoms with Gasteiger partial charge in [0.1, 0.15) is 5.69 Å². The lowest BCUT2D eigenvalue weighted by atomic mass is 10.2. The van der Waals surface area contributed by atoms with Crippen LogP contribution in [0.25, 0.3) is 11.3 Å². The summed E-state index contributed by atoms with van der Waals surface area (Å²) in [6.07, 6.45) is 1.14. The lowest BCUT2D eigenvalue weighted by Gasteiger charge is -1.99. The summed E-state index contributed by atoms with van der Waals surface area (Å²) in [5.74, 6) is 0. The van der Waals surface area contributed by atoms with Crippen LogP contribution in [0.4, 0.5) is 0 Å². The zero-order chi connectivity index (χ0) is 11.8. The highest BCUT2D eigenvalue weighted by atomic mass is 35.5. The lowest BCUT2D eigenvalue weighted by Crippen LogP contribution is -1.96. The molecule has 4 nitrogen and oxygen atoms in total. The average molecular weight is 275 g/mol. The van der Waals surface area contributed by atoms with Crippen molar-refractivity contribution in [1.29, 1.82) is 0 Å². The third-order valence-corrected chi connectivity index (χ3v) is 4.69. The van der Waals surface area contributed by atoms with E-state index in [-0.39, 0.29) is 4.21 Å². The van der Waals surface area contributed by atoms with Gasteiger partial charge in [-0.3, -0.25) is 0 Å². The molecule has 0 aliphatic rings. The van der Waals surface area contributed by atoms with Crippen LogP contribution < -0.4 is 0 Å². The number of sulfone groups is 1. The summed E-state index contributed by atoms with van der Waals surface area (Å²) in [6.45, 7) is 0. The molecule has 0 N–H and O–H groups in total. The van der Waals surface area contributed by atoms with Gasteiger partial charge in [-0.2, -0.15) is 0 Å². The van der Waals surface area contributed by atoms with Gasteiger partial charge in [-0.1, -0.05) is 28.2 Å². The van der Waals surface area contributed by atoms with E-state index in [1.165, 1.54) is 0 Å². The van der Waals surface area contributed by atoms with E-state index in [0.717, 1.165) is 17.8 Å². The van der Waals surface area contributed by atoms with Crippen molar-refractivity contribution < 1.29 is 8.42 Å². The fraction of sp³-hybridized carbons (Fsp3) is 0.111. The predicted octanol–water partition coefficient (Wildman–Crippen LogP) is 2.26. The summed E-state index contributed by atoms with van der Waals surface area (Å²) < 4.78 is 26.8. The van der Waals surface area contributed by atoms with E-state index < -0.39 is 9.84 Å². The van der Waals surface area contributed by atoms with Crippen molar-refractivity contribution in [1.82, 2.24) is 9.59 Å². The van der Waals surface area contributed by atoms with E-state index in [0.29, 0.717) is 16.3 Å². The molecule has 7 heteroatoms. The van der Waals surface area contributed by atoms with Gasteiger partial charge in [0.15, 0.2) is 14.0 Å². The fourth-order valence-corrected chi connectivity index (χ4v) is 2.93. The first kappa shape index (κ1) is 11.5. The van der Waals surface area contributed by atoms with Crippen molar-refractivity contribution in [3.8, 4) is 11.3 Å². The minimum atomic E-state index is -3.29. The van der Waals surface area contributed by atoms with Gasteiger partial charge in [0.05, 0.1) is 0 Å². The maximum Gasteiger partial charge on any atom is 0.188 e. The van der Waals surface area contributed by atoms with E-state index in [9.17, 15) is 8.42 Å². The van der Waals surface area contributed by atoms with E-state index >= 15 is 0 Å². The zero-order valence-electron chi connectivity index (χ0n) is 8.21. The summed E-state index contributed by atoms with van der Waals surface area (Å²) in [4.78, 5) is 0. The molecule has 0 atom stereocenters. The highest BCUT2D eigenvalue weighted by molar-refractivity contribution is 7.92. The van der Waals surface area contributed by atoms with Crippen molar-refractivity contribution in [2.24, 2.45) is 0 Å². The fourth-order valence-electron chi connectivity index (χ4n) is 1.21. The molecule has 0 saturated heterocycles. The second kappa shape index (κ2) is 4.12. The Labute approximate surface area is 102 Å². The van der Waals surface area contributed by atoms with Crippen LogP contribution in [-0.2, 0) is 9.84 Å². The minimum absolute atomic E-state index is 0.176. The topological polar surface area (TPSA) is 59.9 Å². The minimum Gasteiger partial charge on any atom is -0.223 e. The van der Waals surface area contributed by atoms with Gasteiger partial charge in [0.25, 0.3) is 0 Å². The second-order valence-electron chi connectivity index (χ2n) is 3.19. The van der Waals surface area contributed by atoms with Gasteiger partial charge in [-0.15, -0.1) is 5.10 Å². The molecule has 0 saturated carbocycles. The monoisotopic (exact) mass is 274 g/mol. The number of benzene rings is 1. The molecule has 0 spiro atoms. The predicted molar refractivity (Wildman–Crippen MR) is 63.5 cm³/mol. The highest BCUT2D eigenvalue weighted by Gasteiger charge is 2.19. The van der Waals surface area contributed by atoms with Gasteiger partial charge >= 0.3 is 0 Å². The molecule has 0 fully saturated rings. The van der Waals surface area contributed by atoms with Crippen LogP contribution >= 0.6 is 23.1 Å². The molecule has 1 heterocycles. The number of halogens is 1. The number of nitrogens with zero attached hydrogens (tertiary/aromatic N) is 2. The molecule has 0 bridgehead atoms. The first-order valence-electron chi connectivity index (χ1n) is 4.27. The van der Waals surface area contributed by atoms with Gasteiger partial charge in [-0.25, -0.2) is 8.42 Å². The van der Waals surface area contributed by atoms with Crippen LogP contribution in [0.3, 0.4) is 0 Å². The van der Waals surface area contributed by atoms with Crippen LogP contribution in [0.2, 0.25) is 5.02 Å². The molecule has 84 valence electrons. The van der Waals surface area contributed by atoms with E-state index in [4.69, 9.17) is 11.6 Å². The molecule has 0 amide bonds. The van der Waals surface area contributed by atoms with Crippen LogP contribution in [0.15, 0.2) is 28.5 Å². The Hall–Kier alpha value is -0.980. The van der Waals surface area contributed by atoms with Crippen molar-refractivity contribution in [2.45, 2.75) is 4.21 Å². The standard InChI is InChI=1S/C9H7ClN2O2S2/c1-16(13,14)9-8(11-12-15-9)6-2-4-7(10)5-3-6/h2-5H,1H3. The summed E-state index contributed by atoms with van der Waals surface area (Å²) in [5.41, 5.74) is 1.07. The Kier molecular flexibility index (Phi) is 2.96. The molecule has 0 radical (unpaired) electrons. The molecule has 2 rings (SSSR count). The zero-order valence-corrected chi connectivity index (χ0v) is 10.6. The summed E-state index contributed by atoms with van der Waals surface area (Å²) in [5, 5.41) is 4.42. The van der Waals surface area contributed by atoms with Gasteiger partial charge in [0, 0.05) is 28.4 Å². The third-order valence-electron chi connectivity index (χ3n) is 1.91. The quantitative estimate of drug-likeness (QED) is 0.843. The number of rotatable bonds is 2. The number of hydrogen-bond acceptors (Lipinski definition) is 5. The first-order valence-corrected chi connectivity index (χ1v) is 7.31. The van der Waals surface area contributed by atoms with Crippen LogP contribution in [-0.4, -0.2) is 24.3 Å². The van der Waals surface area contributed by atoms with Crippen molar-refractivity contribution in [3.05, 3.63) is 29.3 Å². The first-order chi connectivity index (χ1) is 7.48. The van der Waals surface area contributed by atoms with E-state index in [1.807, 2.05) is 0 Å². The SMILES string of the molecule is CS(=O)(=O)c1snnc1-c1ccc(Cl)cc1. The highest BCUT2D eigenvalue weighted by Crippen LogP contribution is 2.28. The Morgan fingerprint density at radius 2 is 1.88 bits per heavy atom. The summed E-state index contributed by atoms with van der Waals surface area (Å²) in [6, 6.07) is 6.80. The Bertz CT molecular complexity index is 605. The van der Waals surface area contributed by atoms with Crippen LogP contribution in [0.5, 0.6) is 0 Å². The normalized spacial score (nSPS) is 11.6. The molecular weight excluding hydrogens is 268 g/mol. The number of hydrogen-bond donors (Lipinski definition) is 0. The van der Waals surface area contributed by atoms with Crippen molar-refractivity contribution >= 4 is 33.0 Å². The number of aromatic nitrogens is 2. The largest absolute Gasteiger partial charge is 0.223 e. The maximum absolute atomic E-state index is 11.5. The molecular formula is C9H7ClN2O2S2. The van der Waals surface area contributed by atoms with E-state index in [1.54, 1.807) is 24.3 Å². The Morgan fingerprint density at radius 1 is 1.25 bits per heavy atom. The average Bonchev–Trinajstić information content (AvgIpc) is 2.66. The second-order valence-corrected chi connectivity index (χ2v) is 6.59. The molecule has 1 aromatic carbocycles. The van der Waals surface area contributed by atoms with Gasteiger partial charge < -0.3 is 0 Å². The van der Waals surface area contributed by atoms with Crippen LogP contribution in [0.1, 0.15) is 0 Å². The molecule has 0 aliphatic heterocycles. The Morgan fingerprint density at radius 3 is 2.44 bits per heavy atom. The van der Waals surface area contributed by atoms with Crippen molar-refractivity contribution in [3.63, 3.8) is 0 Å². The third kappa shape index (κ3) is 2.23. The maximum atomic E-state index is 11.5. The summed E-state index contributed by atoms with van der Waals surface area (Å²) >= 11 is 6.62. The van der Waals surface area contributed by atoms with Gasteiger partial charge in [0.2, 0.25) is 0 Å².